The molecule has 2 heterocycles. The van der Waals surface area contributed by atoms with Crippen molar-refractivity contribution in [2.24, 2.45) is 5.92 Å². The molecular formula is C13H22N2O3. The van der Waals surface area contributed by atoms with Crippen molar-refractivity contribution in [2.45, 2.75) is 51.1 Å². The second-order valence-corrected chi connectivity index (χ2v) is 5.76. The smallest absolute Gasteiger partial charge is 0.326 e. The molecule has 2 fully saturated rings. The van der Waals surface area contributed by atoms with E-state index in [1.807, 2.05) is 13.8 Å². The number of nitrogens with one attached hydrogen (secondary N) is 1. The van der Waals surface area contributed by atoms with E-state index in [-0.39, 0.29) is 11.8 Å². The highest BCUT2D eigenvalue weighted by atomic mass is 16.4. The molecule has 2 aliphatic rings. The van der Waals surface area contributed by atoms with E-state index >= 15 is 0 Å². The highest BCUT2D eigenvalue weighted by Gasteiger charge is 2.46. The van der Waals surface area contributed by atoms with Crippen LogP contribution in [0.5, 0.6) is 0 Å². The quantitative estimate of drug-likeness (QED) is 0.766. The Bertz CT molecular complexity index is 350. The van der Waals surface area contributed by atoms with Crippen LogP contribution in [0.25, 0.3) is 0 Å². The summed E-state index contributed by atoms with van der Waals surface area (Å²) in [5.41, 5.74) is -0.573. The van der Waals surface area contributed by atoms with Gasteiger partial charge in [-0.15, -0.1) is 0 Å². The molecule has 0 spiro atoms. The van der Waals surface area contributed by atoms with Gasteiger partial charge in [0.1, 0.15) is 6.04 Å². The first-order chi connectivity index (χ1) is 8.46. The summed E-state index contributed by atoms with van der Waals surface area (Å²) >= 11 is 0. The fourth-order valence-electron chi connectivity index (χ4n) is 3.11. The predicted octanol–water partition coefficient (Wildman–Crippen LogP) is 0.840. The highest BCUT2D eigenvalue weighted by molar-refractivity contribution is 5.90. The van der Waals surface area contributed by atoms with Crippen LogP contribution >= 0.6 is 0 Å². The Labute approximate surface area is 108 Å². The Morgan fingerprint density at radius 1 is 1.39 bits per heavy atom. The standard InChI is InChI=1S/C13H22N2O3/c1-9-5-8-15(10(9)11(16)17)12(18)13(2)6-3-4-7-14-13/h9-10,14H,3-8H2,1-2H3,(H,16,17). The summed E-state index contributed by atoms with van der Waals surface area (Å²) in [6.45, 7) is 5.21. The normalized spacial score (nSPS) is 36.7. The second kappa shape index (κ2) is 4.88. The Kier molecular flexibility index (Phi) is 3.61. The molecule has 2 rings (SSSR count). The van der Waals surface area contributed by atoms with Gasteiger partial charge in [0.05, 0.1) is 5.54 Å². The number of carboxylic acids is 1. The fourth-order valence-corrected chi connectivity index (χ4v) is 3.11. The van der Waals surface area contributed by atoms with E-state index in [1.165, 1.54) is 0 Å². The molecule has 1 amide bonds. The van der Waals surface area contributed by atoms with E-state index in [2.05, 4.69) is 5.32 Å². The van der Waals surface area contributed by atoms with Gasteiger partial charge in [0, 0.05) is 6.54 Å². The van der Waals surface area contributed by atoms with Crippen molar-refractivity contribution in [1.82, 2.24) is 10.2 Å². The fraction of sp³-hybridized carbons (Fsp3) is 0.846. The third-order valence-corrected chi connectivity index (χ3v) is 4.30. The van der Waals surface area contributed by atoms with Crippen LogP contribution in [0.3, 0.4) is 0 Å². The molecule has 0 aromatic rings. The number of carbonyl (C=O) groups excluding carboxylic acids is 1. The number of nitrogens with zero attached hydrogens (tertiary/aromatic N) is 1. The van der Waals surface area contributed by atoms with Gasteiger partial charge in [-0.2, -0.15) is 0 Å². The van der Waals surface area contributed by atoms with Crippen molar-refractivity contribution in [2.75, 3.05) is 13.1 Å². The topological polar surface area (TPSA) is 69.6 Å². The summed E-state index contributed by atoms with van der Waals surface area (Å²) in [7, 11) is 0. The summed E-state index contributed by atoms with van der Waals surface area (Å²) in [5.74, 6) is -0.884. The molecule has 3 atom stereocenters. The molecule has 0 aliphatic carbocycles. The third kappa shape index (κ3) is 2.23. The number of amides is 1. The first-order valence-corrected chi connectivity index (χ1v) is 6.74. The number of hydrogen-bond acceptors (Lipinski definition) is 3. The molecule has 2 N–H and O–H groups in total. The minimum Gasteiger partial charge on any atom is -0.480 e. The number of piperidine rings is 1. The number of aliphatic carboxylic acids is 1. The van der Waals surface area contributed by atoms with Gasteiger partial charge in [0.25, 0.3) is 0 Å². The van der Waals surface area contributed by atoms with E-state index in [9.17, 15) is 14.7 Å². The lowest BCUT2D eigenvalue weighted by atomic mass is 9.89. The van der Waals surface area contributed by atoms with Gasteiger partial charge in [0.15, 0.2) is 0 Å². The van der Waals surface area contributed by atoms with E-state index in [1.54, 1.807) is 4.90 Å². The molecule has 0 aromatic heterocycles. The minimum absolute atomic E-state index is 0.0404. The van der Waals surface area contributed by atoms with Crippen molar-refractivity contribution >= 4 is 11.9 Å². The van der Waals surface area contributed by atoms with Gasteiger partial charge >= 0.3 is 5.97 Å². The van der Waals surface area contributed by atoms with Gasteiger partial charge in [-0.05, 0) is 45.1 Å². The van der Waals surface area contributed by atoms with Crippen molar-refractivity contribution in [1.29, 1.82) is 0 Å². The molecule has 5 heteroatoms. The van der Waals surface area contributed by atoms with E-state index in [4.69, 9.17) is 0 Å². The van der Waals surface area contributed by atoms with Crippen LogP contribution in [0.2, 0.25) is 0 Å². The van der Waals surface area contributed by atoms with Gasteiger partial charge < -0.3 is 15.3 Å². The molecule has 102 valence electrons. The third-order valence-electron chi connectivity index (χ3n) is 4.30. The maximum Gasteiger partial charge on any atom is 0.326 e. The van der Waals surface area contributed by atoms with Crippen LogP contribution in [0, 0.1) is 5.92 Å². The first kappa shape index (κ1) is 13.3. The monoisotopic (exact) mass is 254 g/mol. The molecule has 18 heavy (non-hydrogen) atoms. The van der Waals surface area contributed by atoms with Crippen molar-refractivity contribution in [3.63, 3.8) is 0 Å². The summed E-state index contributed by atoms with van der Waals surface area (Å²) in [4.78, 5) is 25.4. The van der Waals surface area contributed by atoms with Gasteiger partial charge in [0.2, 0.25) is 5.91 Å². The Morgan fingerprint density at radius 3 is 2.67 bits per heavy atom. The average molecular weight is 254 g/mol. The molecular weight excluding hydrogens is 232 g/mol. The number of carbonyl (C=O) groups is 2. The molecule has 5 nitrogen and oxygen atoms in total. The van der Waals surface area contributed by atoms with E-state index < -0.39 is 17.6 Å². The van der Waals surface area contributed by atoms with Crippen LogP contribution in [-0.4, -0.2) is 46.6 Å². The maximum absolute atomic E-state index is 12.6. The maximum atomic E-state index is 12.6. The number of rotatable bonds is 2. The van der Waals surface area contributed by atoms with Crippen molar-refractivity contribution < 1.29 is 14.7 Å². The zero-order valence-corrected chi connectivity index (χ0v) is 11.1. The second-order valence-electron chi connectivity index (χ2n) is 5.76. The summed E-state index contributed by atoms with van der Waals surface area (Å²) in [5, 5.41) is 12.5. The lowest BCUT2D eigenvalue weighted by molar-refractivity contribution is -0.152. The minimum atomic E-state index is -0.882. The molecule has 2 aliphatic heterocycles. The van der Waals surface area contributed by atoms with Gasteiger partial charge in [-0.25, -0.2) is 4.79 Å². The number of likely N-dealkylation sites (tertiary alicyclic amines) is 1. The predicted molar refractivity (Wildman–Crippen MR) is 67.2 cm³/mol. The average Bonchev–Trinajstić information content (AvgIpc) is 2.71. The Hall–Kier alpha value is -1.10. The molecule has 0 bridgehead atoms. The summed E-state index contributed by atoms with van der Waals surface area (Å²) < 4.78 is 0. The first-order valence-electron chi connectivity index (χ1n) is 6.74. The van der Waals surface area contributed by atoms with Crippen LogP contribution in [-0.2, 0) is 9.59 Å². The Balaban J connectivity index is 2.15. The number of carboxylic acid groups (broad SMARTS) is 1. The molecule has 0 radical (unpaired) electrons. The molecule has 2 saturated heterocycles. The lowest BCUT2D eigenvalue weighted by Crippen LogP contribution is -2.60. The zero-order valence-electron chi connectivity index (χ0n) is 11.1. The van der Waals surface area contributed by atoms with Crippen molar-refractivity contribution in [3.8, 4) is 0 Å². The van der Waals surface area contributed by atoms with E-state index in [0.717, 1.165) is 32.2 Å². The molecule has 0 aromatic carbocycles. The SMILES string of the molecule is CC1CCN(C(=O)C2(C)CCCCN2)C1C(=O)O. The highest BCUT2D eigenvalue weighted by Crippen LogP contribution is 2.29. The van der Waals surface area contributed by atoms with E-state index in [0.29, 0.717) is 6.54 Å². The Morgan fingerprint density at radius 2 is 2.11 bits per heavy atom. The van der Waals surface area contributed by atoms with Crippen molar-refractivity contribution in [3.05, 3.63) is 0 Å². The number of hydrogen-bond donors (Lipinski definition) is 2. The van der Waals surface area contributed by atoms with Crippen LogP contribution in [0.1, 0.15) is 39.5 Å². The van der Waals surface area contributed by atoms with Gasteiger partial charge in [-0.1, -0.05) is 6.92 Å². The molecule has 3 unspecified atom stereocenters. The largest absolute Gasteiger partial charge is 0.480 e. The lowest BCUT2D eigenvalue weighted by Gasteiger charge is -2.38. The molecule has 0 saturated carbocycles. The van der Waals surface area contributed by atoms with Crippen LogP contribution < -0.4 is 5.32 Å². The summed E-state index contributed by atoms with van der Waals surface area (Å²) in [6, 6.07) is -0.655. The van der Waals surface area contributed by atoms with Crippen LogP contribution in [0.4, 0.5) is 0 Å². The summed E-state index contributed by atoms with van der Waals surface area (Å²) in [6.07, 6.45) is 3.68. The van der Waals surface area contributed by atoms with Crippen LogP contribution in [0.15, 0.2) is 0 Å². The van der Waals surface area contributed by atoms with Gasteiger partial charge in [-0.3, -0.25) is 4.79 Å². The zero-order chi connectivity index (χ0) is 13.3.